The second kappa shape index (κ2) is 11.5. The van der Waals surface area contributed by atoms with E-state index in [9.17, 15) is 27.6 Å². The molecule has 0 N–H and O–H groups in total. The Balaban J connectivity index is 1.36. The van der Waals surface area contributed by atoms with Crippen LogP contribution in [0.5, 0.6) is 0 Å². The van der Waals surface area contributed by atoms with Gasteiger partial charge in [0.1, 0.15) is 0 Å². The maximum atomic E-state index is 14.7. The van der Waals surface area contributed by atoms with Crippen LogP contribution >= 0.6 is 0 Å². The number of halogens is 3. The lowest BCUT2D eigenvalue weighted by Gasteiger charge is -2.39. The van der Waals surface area contributed by atoms with Gasteiger partial charge in [-0.15, -0.1) is 0 Å². The Labute approximate surface area is 266 Å². The molecular formula is C35H31F3N6O3. The Bertz CT molecular complexity index is 2260. The van der Waals surface area contributed by atoms with Crippen LogP contribution in [0.2, 0.25) is 0 Å². The van der Waals surface area contributed by atoms with E-state index in [1.54, 1.807) is 41.1 Å². The van der Waals surface area contributed by atoms with Gasteiger partial charge in [-0.05, 0) is 35.9 Å². The Morgan fingerprint density at radius 2 is 1.66 bits per heavy atom. The highest BCUT2D eigenvalue weighted by atomic mass is 19.4. The van der Waals surface area contributed by atoms with Crippen molar-refractivity contribution in [2.24, 2.45) is 7.05 Å². The number of pyridine rings is 2. The number of hydrogen-bond acceptors (Lipinski definition) is 6. The van der Waals surface area contributed by atoms with Gasteiger partial charge in [0.25, 0.3) is 5.56 Å². The average molecular weight is 641 g/mol. The minimum absolute atomic E-state index is 0.0309. The summed E-state index contributed by atoms with van der Waals surface area (Å²) in [6.45, 7) is 2.95. The van der Waals surface area contributed by atoms with Crippen LogP contribution < -0.4 is 11.2 Å². The van der Waals surface area contributed by atoms with Crippen molar-refractivity contribution in [2.45, 2.75) is 32.0 Å². The minimum atomic E-state index is -4.67. The number of hydrogen-bond donors (Lipinski definition) is 0. The molecule has 0 saturated carbocycles. The van der Waals surface area contributed by atoms with Gasteiger partial charge in [0.2, 0.25) is 5.91 Å². The summed E-state index contributed by atoms with van der Waals surface area (Å²) < 4.78 is 46.4. The maximum Gasteiger partial charge on any atom is 0.414 e. The summed E-state index contributed by atoms with van der Waals surface area (Å²) in [5.74, 6) is -0.0309. The van der Waals surface area contributed by atoms with Gasteiger partial charge in [-0.25, -0.2) is 4.79 Å². The third-order valence-corrected chi connectivity index (χ3v) is 9.18. The van der Waals surface area contributed by atoms with Crippen molar-refractivity contribution in [3.63, 3.8) is 0 Å². The molecule has 1 aliphatic carbocycles. The molecule has 1 amide bonds. The van der Waals surface area contributed by atoms with Crippen molar-refractivity contribution in [1.82, 2.24) is 28.9 Å². The van der Waals surface area contributed by atoms with Crippen LogP contribution in [0.4, 0.5) is 13.2 Å². The quantitative estimate of drug-likeness (QED) is 0.247. The summed E-state index contributed by atoms with van der Waals surface area (Å²) in [7, 11) is 1.32. The minimum Gasteiger partial charge on any atom is -0.368 e. The smallest absolute Gasteiger partial charge is 0.368 e. The van der Waals surface area contributed by atoms with Gasteiger partial charge >= 0.3 is 11.9 Å². The summed E-state index contributed by atoms with van der Waals surface area (Å²) in [5, 5.41) is 1.53. The lowest BCUT2D eigenvalue weighted by Crippen LogP contribution is -2.48. The molecule has 4 heterocycles. The van der Waals surface area contributed by atoms with Crippen LogP contribution in [0.25, 0.3) is 43.8 Å². The third kappa shape index (κ3) is 5.27. The number of aromatic nitrogens is 4. The molecular weight excluding hydrogens is 609 g/mol. The van der Waals surface area contributed by atoms with Crippen molar-refractivity contribution in [3.05, 3.63) is 105 Å². The highest BCUT2D eigenvalue weighted by Gasteiger charge is 2.41. The van der Waals surface area contributed by atoms with Gasteiger partial charge in [0, 0.05) is 80.5 Å². The molecule has 7 rings (SSSR count). The Morgan fingerprint density at radius 3 is 2.40 bits per heavy atom. The molecule has 240 valence electrons. The van der Waals surface area contributed by atoms with Gasteiger partial charge < -0.3 is 9.80 Å². The van der Waals surface area contributed by atoms with Gasteiger partial charge in [0.05, 0.1) is 33.6 Å². The number of amides is 1. The second-order valence-corrected chi connectivity index (χ2v) is 11.9. The highest BCUT2D eigenvalue weighted by Crippen LogP contribution is 2.40. The summed E-state index contributed by atoms with van der Waals surface area (Å²) in [5.41, 5.74) is 1.07. The zero-order valence-corrected chi connectivity index (χ0v) is 25.8. The topological polar surface area (TPSA) is 93.3 Å². The number of nitrogens with zero attached hydrogens (tertiary/aromatic N) is 6. The number of rotatable bonds is 4. The van der Waals surface area contributed by atoms with Gasteiger partial charge in [-0.3, -0.25) is 28.7 Å². The van der Waals surface area contributed by atoms with E-state index in [2.05, 4.69) is 9.97 Å². The van der Waals surface area contributed by atoms with Crippen LogP contribution in [0.1, 0.15) is 25.8 Å². The number of fused-ring (bicyclic) bond motifs is 4. The second-order valence-electron chi connectivity index (χ2n) is 11.9. The molecule has 12 heteroatoms. The number of carbonyl (C=O) groups excluding carboxylic acids is 1. The molecule has 2 aromatic carbocycles. The number of allylic oxidation sites excluding steroid dienone is 3. The molecule has 0 bridgehead atoms. The van der Waals surface area contributed by atoms with Crippen molar-refractivity contribution in [3.8, 4) is 11.1 Å². The third-order valence-electron chi connectivity index (χ3n) is 9.18. The van der Waals surface area contributed by atoms with Crippen molar-refractivity contribution in [1.29, 1.82) is 0 Å². The molecule has 5 aromatic rings. The monoisotopic (exact) mass is 640 g/mol. The Hall–Kier alpha value is -5.26. The number of benzene rings is 2. The van der Waals surface area contributed by atoms with E-state index < -0.39 is 35.5 Å². The molecule has 0 spiro atoms. The van der Waals surface area contributed by atoms with E-state index >= 15 is 0 Å². The molecule has 1 atom stereocenters. The zero-order valence-electron chi connectivity index (χ0n) is 25.8. The first-order valence-electron chi connectivity index (χ1n) is 15.5. The number of para-hydroxylation sites is 1. The number of piperazine rings is 1. The van der Waals surface area contributed by atoms with E-state index in [1.165, 1.54) is 23.9 Å². The number of alkyl halides is 3. The van der Waals surface area contributed by atoms with E-state index in [0.29, 0.717) is 30.4 Å². The zero-order chi connectivity index (χ0) is 33.0. The molecule has 47 heavy (non-hydrogen) atoms. The number of carbonyl (C=O) groups is 1. The van der Waals surface area contributed by atoms with E-state index in [-0.39, 0.29) is 35.6 Å². The SMILES string of the molecule is CCC(=O)N1CCN(C2=C(C(F)(F)F)CC(n3c(=O)n(C)c(=O)c4cnc5ccc(-c6cnc7ccccc7c6)cc5c43)C=C2)CC1. The molecule has 1 unspecified atom stereocenters. The predicted octanol–water partition coefficient (Wildman–Crippen LogP) is 5.34. The fourth-order valence-electron chi connectivity index (χ4n) is 6.68. The standard InChI is InChI=1S/C35H31F3N6O3/c1-3-31(45)43-14-12-42(13-15-43)30-11-9-24(18-27(30)35(36,37)38)44-32-25-17-21(23-16-22-6-4-5-7-28(22)39-19-23)8-10-29(25)40-20-26(32)33(46)41(2)34(44)47/h4-11,16-17,19-20,24H,3,12-15,18H2,1-2H3. The summed E-state index contributed by atoms with van der Waals surface area (Å²) in [4.78, 5) is 51.7. The Morgan fingerprint density at radius 1 is 0.915 bits per heavy atom. The molecule has 1 fully saturated rings. The highest BCUT2D eigenvalue weighted by molar-refractivity contribution is 6.04. The predicted molar refractivity (Wildman–Crippen MR) is 174 cm³/mol. The van der Waals surface area contributed by atoms with E-state index in [1.807, 2.05) is 36.4 Å². The van der Waals surface area contributed by atoms with E-state index in [0.717, 1.165) is 26.6 Å². The fourth-order valence-corrected chi connectivity index (χ4v) is 6.68. The Kier molecular flexibility index (Phi) is 7.45. The first-order chi connectivity index (χ1) is 22.5. The lowest BCUT2D eigenvalue weighted by atomic mass is 9.95. The molecule has 9 nitrogen and oxygen atoms in total. The van der Waals surface area contributed by atoms with Gasteiger partial charge in [-0.2, -0.15) is 13.2 Å². The summed E-state index contributed by atoms with van der Waals surface area (Å²) in [6.07, 6.45) is 1.30. The molecule has 0 radical (unpaired) electrons. The van der Waals surface area contributed by atoms with Crippen LogP contribution in [0.3, 0.4) is 0 Å². The summed E-state index contributed by atoms with van der Waals surface area (Å²) >= 11 is 0. The van der Waals surface area contributed by atoms with Crippen LogP contribution in [0.15, 0.2) is 93.9 Å². The molecule has 3 aromatic heterocycles. The van der Waals surface area contributed by atoms with Crippen molar-refractivity contribution < 1.29 is 18.0 Å². The first kappa shape index (κ1) is 30.4. The molecule has 2 aliphatic rings. The van der Waals surface area contributed by atoms with Gasteiger partial charge in [-0.1, -0.05) is 37.3 Å². The van der Waals surface area contributed by atoms with E-state index in [4.69, 9.17) is 0 Å². The molecule has 1 saturated heterocycles. The largest absolute Gasteiger partial charge is 0.414 e. The average Bonchev–Trinajstić information content (AvgIpc) is 3.09. The van der Waals surface area contributed by atoms with Crippen molar-refractivity contribution in [2.75, 3.05) is 26.2 Å². The molecule has 1 aliphatic heterocycles. The lowest BCUT2D eigenvalue weighted by molar-refractivity contribution is -0.132. The van der Waals surface area contributed by atoms with Crippen LogP contribution in [-0.2, 0) is 11.8 Å². The van der Waals surface area contributed by atoms with Crippen molar-refractivity contribution >= 4 is 38.6 Å². The fraction of sp³-hybridized carbons (Fsp3) is 0.286. The maximum absolute atomic E-state index is 14.7. The summed E-state index contributed by atoms with van der Waals surface area (Å²) in [6, 6.07) is 14.1. The van der Waals surface area contributed by atoms with Crippen LogP contribution in [0, 0.1) is 0 Å². The first-order valence-corrected chi connectivity index (χ1v) is 15.5. The van der Waals surface area contributed by atoms with Gasteiger partial charge in [0.15, 0.2) is 0 Å². The normalized spacial score (nSPS) is 17.3. The van der Waals surface area contributed by atoms with Crippen LogP contribution in [-0.4, -0.2) is 67.2 Å².